The van der Waals surface area contributed by atoms with E-state index in [0.717, 1.165) is 16.0 Å². The van der Waals surface area contributed by atoms with Crippen molar-refractivity contribution >= 4 is 17.7 Å². The average Bonchev–Trinajstić information content (AvgIpc) is 2.59. The van der Waals surface area contributed by atoms with E-state index < -0.39 is 0 Å². The maximum atomic E-state index is 12.1. The molecule has 0 aliphatic carbocycles. The van der Waals surface area contributed by atoms with Crippen LogP contribution in [0, 0.1) is 20.8 Å². The van der Waals surface area contributed by atoms with Crippen LogP contribution in [0.15, 0.2) is 35.2 Å². The van der Waals surface area contributed by atoms with Crippen molar-refractivity contribution < 1.29 is 19.0 Å². The molecular formula is C20H24O4S. The largest absolute Gasteiger partial charge is 0.493 e. The van der Waals surface area contributed by atoms with Crippen LogP contribution in [0.25, 0.3) is 0 Å². The third kappa shape index (κ3) is 5.16. The number of methoxy groups -OCH3 is 2. The van der Waals surface area contributed by atoms with Crippen molar-refractivity contribution in [2.24, 2.45) is 0 Å². The fourth-order valence-corrected chi connectivity index (χ4v) is 3.28. The molecule has 0 saturated carbocycles. The number of carbonyl (C=O) groups excluding carboxylic acids is 1. The molecule has 25 heavy (non-hydrogen) atoms. The number of hydrogen-bond acceptors (Lipinski definition) is 5. The molecule has 0 fully saturated rings. The van der Waals surface area contributed by atoms with Gasteiger partial charge in [0.05, 0.1) is 20.0 Å². The van der Waals surface area contributed by atoms with Gasteiger partial charge >= 0.3 is 5.97 Å². The summed E-state index contributed by atoms with van der Waals surface area (Å²) in [6.45, 7) is 6.28. The van der Waals surface area contributed by atoms with Crippen molar-refractivity contribution in [1.82, 2.24) is 0 Å². The first-order valence-corrected chi connectivity index (χ1v) is 9.00. The van der Waals surface area contributed by atoms with E-state index in [9.17, 15) is 4.79 Å². The second-order valence-corrected chi connectivity index (χ2v) is 6.87. The molecule has 0 heterocycles. The Morgan fingerprint density at radius 3 is 2.28 bits per heavy atom. The van der Waals surface area contributed by atoms with E-state index in [1.807, 2.05) is 38.1 Å². The van der Waals surface area contributed by atoms with E-state index in [4.69, 9.17) is 14.2 Å². The average molecular weight is 360 g/mol. The quantitative estimate of drug-likeness (QED) is 0.539. The molecular weight excluding hydrogens is 336 g/mol. The standard InChI is InChI=1S/C20H24O4S/c1-13-6-7-19(15(3)8-13)25-12-20(21)24-11-16-10-18(23-5)17(22-4)9-14(16)2/h6-10H,11-12H2,1-5H3. The lowest BCUT2D eigenvalue weighted by atomic mass is 10.1. The Kier molecular flexibility index (Phi) is 6.76. The molecule has 0 radical (unpaired) electrons. The Morgan fingerprint density at radius 2 is 1.64 bits per heavy atom. The molecule has 2 aromatic rings. The monoisotopic (exact) mass is 360 g/mol. The first-order chi connectivity index (χ1) is 11.9. The van der Waals surface area contributed by atoms with Crippen LogP contribution in [0.1, 0.15) is 22.3 Å². The minimum absolute atomic E-state index is 0.221. The minimum Gasteiger partial charge on any atom is -0.493 e. The zero-order valence-corrected chi connectivity index (χ0v) is 16.2. The van der Waals surface area contributed by atoms with Crippen molar-refractivity contribution in [2.45, 2.75) is 32.3 Å². The molecule has 0 unspecified atom stereocenters. The summed E-state index contributed by atoms with van der Waals surface area (Å²) in [7, 11) is 3.19. The van der Waals surface area contributed by atoms with Crippen LogP contribution in [0.5, 0.6) is 11.5 Å². The number of esters is 1. The van der Waals surface area contributed by atoms with Crippen LogP contribution in [-0.2, 0) is 16.1 Å². The molecule has 2 rings (SSSR count). The van der Waals surface area contributed by atoms with Crippen molar-refractivity contribution in [3.63, 3.8) is 0 Å². The van der Waals surface area contributed by atoms with Crippen molar-refractivity contribution in [2.75, 3.05) is 20.0 Å². The van der Waals surface area contributed by atoms with Gasteiger partial charge in [0.1, 0.15) is 6.61 Å². The SMILES string of the molecule is COc1cc(C)c(COC(=O)CSc2ccc(C)cc2C)cc1OC. The predicted molar refractivity (Wildman–Crippen MR) is 101 cm³/mol. The number of thioether (sulfide) groups is 1. The molecule has 5 heteroatoms. The smallest absolute Gasteiger partial charge is 0.316 e. The number of ether oxygens (including phenoxy) is 3. The van der Waals surface area contributed by atoms with E-state index in [1.54, 1.807) is 14.2 Å². The number of aryl methyl sites for hydroxylation is 3. The highest BCUT2D eigenvalue weighted by Gasteiger charge is 2.11. The van der Waals surface area contributed by atoms with Gasteiger partial charge in [-0.25, -0.2) is 0 Å². The molecule has 0 saturated heterocycles. The van der Waals surface area contributed by atoms with Gasteiger partial charge in [-0.2, -0.15) is 0 Å². The lowest BCUT2D eigenvalue weighted by Gasteiger charge is -2.13. The van der Waals surface area contributed by atoms with Gasteiger partial charge in [0.25, 0.3) is 0 Å². The lowest BCUT2D eigenvalue weighted by molar-refractivity contribution is -0.141. The Labute approximate surface area is 153 Å². The second-order valence-electron chi connectivity index (χ2n) is 5.85. The summed E-state index contributed by atoms with van der Waals surface area (Å²) in [4.78, 5) is 13.2. The second kappa shape index (κ2) is 8.81. The first kappa shape index (κ1) is 19.2. The molecule has 0 atom stereocenters. The van der Waals surface area contributed by atoms with Gasteiger partial charge in [-0.3, -0.25) is 4.79 Å². The lowest BCUT2D eigenvalue weighted by Crippen LogP contribution is -2.08. The highest BCUT2D eigenvalue weighted by Crippen LogP contribution is 2.30. The number of carbonyl (C=O) groups is 1. The maximum Gasteiger partial charge on any atom is 0.316 e. The molecule has 0 aromatic heterocycles. The third-order valence-corrected chi connectivity index (χ3v) is 5.06. The summed E-state index contributed by atoms with van der Waals surface area (Å²) < 4.78 is 16.0. The summed E-state index contributed by atoms with van der Waals surface area (Å²) in [6.07, 6.45) is 0. The molecule has 0 aliphatic rings. The van der Waals surface area contributed by atoms with E-state index >= 15 is 0 Å². The molecule has 0 bridgehead atoms. The first-order valence-electron chi connectivity index (χ1n) is 8.01. The van der Waals surface area contributed by atoms with E-state index in [-0.39, 0.29) is 18.3 Å². The highest BCUT2D eigenvalue weighted by molar-refractivity contribution is 8.00. The van der Waals surface area contributed by atoms with Gasteiger partial charge in [0, 0.05) is 4.90 Å². The van der Waals surface area contributed by atoms with Gasteiger partial charge in [-0.1, -0.05) is 17.7 Å². The molecule has 4 nitrogen and oxygen atoms in total. The normalized spacial score (nSPS) is 10.4. The Hall–Kier alpha value is -2.14. The minimum atomic E-state index is -0.237. The van der Waals surface area contributed by atoms with Crippen LogP contribution in [0.3, 0.4) is 0 Å². The summed E-state index contributed by atoms with van der Waals surface area (Å²) >= 11 is 1.50. The van der Waals surface area contributed by atoms with Crippen molar-refractivity contribution in [3.8, 4) is 11.5 Å². The van der Waals surface area contributed by atoms with Crippen molar-refractivity contribution in [3.05, 3.63) is 52.6 Å². The van der Waals surface area contributed by atoms with Crippen molar-refractivity contribution in [1.29, 1.82) is 0 Å². The summed E-state index contributed by atoms with van der Waals surface area (Å²) in [5.74, 6) is 1.35. The highest BCUT2D eigenvalue weighted by atomic mass is 32.2. The molecule has 0 amide bonds. The molecule has 0 spiro atoms. The Morgan fingerprint density at radius 1 is 0.960 bits per heavy atom. The summed E-state index contributed by atoms with van der Waals surface area (Å²) in [5, 5.41) is 0. The van der Waals surface area contributed by atoms with E-state index in [1.165, 1.54) is 22.9 Å². The molecule has 0 N–H and O–H groups in total. The van der Waals surface area contributed by atoms with Crippen LogP contribution in [0.2, 0.25) is 0 Å². The third-order valence-electron chi connectivity index (χ3n) is 3.91. The summed E-state index contributed by atoms with van der Waals surface area (Å²) in [6, 6.07) is 9.93. The van der Waals surface area contributed by atoms with Crippen LogP contribution in [0.4, 0.5) is 0 Å². The Bertz CT molecular complexity index is 756. The topological polar surface area (TPSA) is 44.8 Å². The van der Waals surface area contributed by atoms with E-state index in [2.05, 4.69) is 13.0 Å². The molecule has 2 aromatic carbocycles. The van der Waals surface area contributed by atoms with Crippen LogP contribution < -0.4 is 9.47 Å². The van der Waals surface area contributed by atoms with Gasteiger partial charge in [0.2, 0.25) is 0 Å². The number of benzene rings is 2. The fourth-order valence-electron chi connectivity index (χ4n) is 2.48. The number of hydrogen-bond donors (Lipinski definition) is 0. The molecule has 134 valence electrons. The van der Waals surface area contributed by atoms with Gasteiger partial charge < -0.3 is 14.2 Å². The van der Waals surface area contributed by atoms with Gasteiger partial charge in [-0.15, -0.1) is 11.8 Å². The zero-order valence-electron chi connectivity index (χ0n) is 15.3. The van der Waals surface area contributed by atoms with Crippen LogP contribution in [-0.4, -0.2) is 25.9 Å². The summed E-state index contributed by atoms with van der Waals surface area (Å²) in [5.41, 5.74) is 4.29. The number of rotatable bonds is 7. The predicted octanol–water partition coefficient (Wildman–Crippen LogP) is 4.46. The van der Waals surface area contributed by atoms with Gasteiger partial charge in [-0.05, 0) is 55.7 Å². The van der Waals surface area contributed by atoms with Gasteiger partial charge in [0.15, 0.2) is 11.5 Å². The fraction of sp³-hybridized carbons (Fsp3) is 0.350. The van der Waals surface area contributed by atoms with E-state index in [0.29, 0.717) is 11.5 Å². The van der Waals surface area contributed by atoms with Crippen LogP contribution >= 0.6 is 11.8 Å². The Balaban J connectivity index is 1.93. The molecule has 0 aliphatic heterocycles. The maximum absolute atomic E-state index is 12.1. The zero-order chi connectivity index (χ0) is 18.4.